The highest BCUT2D eigenvalue weighted by Gasteiger charge is 2.25. The van der Waals surface area contributed by atoms with Gasteiger partial charge >= 0.3 is 0 Å². The van der Waals surface area contributed by atoms with Crippen LogP contribution in [-0.2, 0) is 0 Å². The molecular weight excluding hydrogens is 236 g/mol. The van der Waals surface area contributed by atoms with E-state index in [0.29, 0.717) is 6.04 Å². The van der Waals surface area contributed by atoms with Crippen LogP contribution in [0.4, 0.5) is 5.69 Å². The Morgan fingerprint density at radius 3 is 2.74 bits per heavy atom. The molecule has 0 aromatic heterocycles. The van der Waals surface area contributed by atoms with E-state index < -0.39 is 0 Å². The highest BCUT2D eigenvalue weighted by atomic mass is 15.3. The Balaban J connectivity index is 2.30. The Hall–Kier alpha value is -1.55. The second-order valence-corrected chi connectivity index (χ2v) is 5.31. The first-order chi connectivity index (χ1) is 9.04. The fraction of sp³-hybridized carbons (Fsp3) is 0.533. The zero-order valence-electron chi connectivity index (χ0n) is 12.1. The summed E-state index contributed by atoms with van der Waals surface area (Å²) in [6.07, 6.45) is 0. The van der Waals surface area contributed by atoms with Gasteiger partial charge in [0.2, 0.25) is 0 Å². The van der Waals surface area contributed by atoms with Gasteiger partial charge in [0.1, 0.15) is 5.84 Å². The Morgan fingerprint density at radius 2 is 2.16 bits per heavy atom. The second-order valence-electron chi connectivity index (χ2n) is 5.31. The van der Waals surface area contributed by atoms with E-state index in [-0.39, 0.29) is 5.84 Å². The number of likely N-dealkylation sites (N-methyl/N-ethyl adjacent to an activating group) is 1. The number of para-hydroxylation sites is 1. The number of benzene rings is 1. The summed E-state index contributed by atoms with van der Waals surface area (Å²) in [4.78, 5) is 4.87. The molecule has 2 rings (SSSR count). The maximum Gasteiger partial charge on any atom is 0.124 e. The summed E-state index contributed by atoms with van der Waals surface area (Å²) in [5.74, 6) is 0.157. The number of nitrogens with one attached hydrogen (secondary N) is 1. The lowest BCUT2D eigenvalue weighted by Crippen LogP contribution is -2.52. The second kappa shape index (κ2) is 5.61. The summed E-state index contributed by atoms with van der Waals surface area (Å²) in [5.41, 5.74) is 8.92. The molecular formula is C15H24N4. The zero-order chi connectivity index (χ0) is 14.0. The third-order valence-corrected chi connectivity index (χ3v) is 4.02. The minimum Gasteiger partial charge on any atom is -0.384 e. The first kappa shape index (κ1) is 13.9. The largest absolute Gasteiger partial charge is 0.384 e. The molecule has 0 bridgehead atoms. The molecule has 0 spiro atoms. The average Bonchev–Trinajstić information content (AvgIpc) is 2.38. The van der Waals surface area contributed by atoms with E-state index in [0.717, 1.165) is 37.4 Å². The van der Waals surface area contributed by atoms with Crippen LogP contribution in [0.15, 0.2) is 18.2 Å². The molecule has 104 valence electrons. The third-order valence-electron chi connectivity index (χ3n) is 4.02. The molecule has 1 atom stereocenters. The third kappa shape index (κ3) is 2.73. The Labute approximate surface area is 115 Å². The van der Waals surface area contributed by atoms with Gasteiger partial charge in [-0.3, -0.25) is 10.3 Å². The molecule has 1 saturated heterocycles. The molecule has 1 unspecified atom stereocenters. The van der Waals surface area contributed by atoms with Crippen LogP contribution in [0.2, 0.25) is 0 Å². The van der Waals surface area contributed by atoms with E-state index in [1.165, 1.54) is 5.56 Å². The molecule has 4 nitrogen and oxygen atoms in total. The van der Waals surface area contributed by atoms with E-state index >= 15 is 0 Å². The Morgan fingerprint density at radius 1 is 1.42 bits per heavy atom. The number of rotatable bonds is 3. The summed E-state index contributed by atoms with van der Waals surface area (Å²) in [6.45, 7) is 10.7. The van der Waals surface area contributed by atoms with Gasteiger partial charge < -0.3 is 10.6 Å². The molecule has 0 saturated carbocycles. The van der Waals surface area contributed by atoms with Gasteiger partial charge in [0, 0.05) is 31.2 Å². The van der Waals surface area contributed by atoms with Crippen molar-refractivity contribution in [3.63, 3.8) is 0 Å². The highest BCUT2D eigenvalue weighted by Crippen LogP contribution is 2.27. The quantitative estimate of drug-likeness (QED) is 0.644. The van der Waals surface area contributed by atoms with Crippen LogP contribution >= 0.6 is 0 Å². The molecule has 1 aliphatic heterocycles. The maximum atomic E-state index is 7.76. The SMILES string of the molecule is CCN1CCN(c2c(C)cccc2C(=N)N)CC1C. The van der Waals surface area contributed by atoms with Crippen molar-refractivity contribution in [1.29, 1.82) is 5.41 Å². The van der Waals surface area contributed by atoms with E-state index in [1.54, 1.807) is 0 Å². The monoisotopic (exact) mass is 260 g/mol. The first-order valence-electron chi connectivity index (χ1n) is 6.97. The molecule has 1 heterocycles. The molecule has 0 aliphatic carbocycles. The van der Waals surface area contributed by atoms with Crippen LogP contribution in [0.1, 0.15) is 25.0 Å². The minimum absolute atomic E-state index is 0.157. The predicted molar refractivity (Wildman–Crippen MR) is 81.1 cm³/mol. The normalized spacial score (nSPS) is 20.6. The topological polar surface area (TPSA) is 56.4 Å². The smallest absolute Gasteiger partial charge is 0.124 e. The van der Waals surface area contributed by atoms with Crippen molar-refractivity contribution < 1.29 is 0 Å². The van der Waals surface area contributed by atoms with Gasteiger partial charge in [-0.05, 0) is 32.0 Å². The van der Waals surface area contributed by atoms with Crippen LogP contribution in [-0.4, -0.2) is 43.0 Å². The van der Waals surface area contributed by atoms with Crippen molar-refractivity contribution in [2.75, 3.05) is 31.1 Å². The molecule has 1 fully saturated rings. The summed E-state index contributed by atoms with van der Waals surface area (Å²) in [7, 11) is 0. The number of piperazine rings is 1. The minimum atomic E-state index is 0.157. The standard InChI is InChI=1S/C15H24N4/c1-4-18-8-9-19(10-12(18)3)14-11(2)6-5-7-13(14)15(16)17/h5-7,12H,4,8-10H2,1-3H3,(H3,16,17). The predicted octanol–water partition coefficient (Wildman–Crippen LogP) is 1.81. The Bertz CT molecular complexity index is 469. The van der Waals surface area contributed by atoms with Gasteiger partial charge in [-0.25, -0.2) is 0 Å². The van der Waals surface area contributed by atoms with Crippen molar-refractivity contribution in [2.24, 2.45) is 5.73 Å². The number of hydrogen-bond donors (Lipinski definition) is 2. The van der Waals surface area contributed by atoms with Crippen LogP contribution in [0, 0.1) is 12.3 Å². The van der Waals surface area contributed by atoms with Crippen molar-refractivity contribution in [3.8, 4) is 0 Å². The zero-order valence-corrected chi connectivity index (χ0v) is 12.1. The lowest BCUT2D eigenvalue weighted by molar-refractivity contribution is 0.199. The average molecular weight is 260 g/mol. The van der Waals surface area contributed by atoms with Crippen LogP contribution in [0.3, 0.4) is 0 Å². The number of nitrogens with zero attached hydrogens (tertiary/aromatic N) is 2. The molecule has 0 amide bonds. The van der Waals surface area contributed by atoms with Gasteiger partial charge in [-0.2, -0.15) is 0 Å². The van der Waals surface area contributed by atoms with Crippen molar-refractivity contribution >= 4 is 11.5 Å². The van der Waals surface area contributed by atoms with Crippen molar-refractivity contribution in [2.45, 2.75) is 26.8 Å². The fourth-order valence-electron chi connectivity index (χ4n) is 2.96. The summed E-state index contributed by atoms with van der Waals surface area (Å²) >= 11 is 0. The van der Waals surface area contributed by atoms with E-state index in [2.05, 4.69) is 36.6 Å². The van der Waals surface area contributed by atoms with Gasteiger partial charge in [0.25, 0.3) is 0 Å². The molecule has 1 aliphatic rings. The molecule has 1 aromatic rings. The summed E-state index contributed by atoms with van der Waals surface area (Å²) in [6, 6.07) is 6.56. The fourth-order valence-corrected chi connectivity index (χ4v) is 2.96. The van der Waals surface area contributed by atoms with Crippen LogP contribution in [0.25, 0.3) is 0 Å². The highest BCUT2D eigenvalue weighted by molar-refractivity contribution is 6.01. The molecule has 3 N–H and O–H groups in total. The number of nitrogen functional groups attached to an aromatic ring is 1. The number of aryl methyl sites for hydroxylation is 1. The van der Waals surface area contributed by atoms with Crippen molar-refractivity contribution in [1.82, 2.24) is 4.90 Å². The van der Waals surface area contributed by atoms with E-state index in [9.17, 15) is 0 Å². The molecule has 4 heteroatoms. The first-order valence-corrected chi connectivity index (χ1v) is 6.97. The van der Waals surface area contributed by atoms with Crippen molar-refractivity contribution in [3.05, 3.63) is 29.3 Å². The lowest BCUT2D eigenvalue weighted by Gasteiger charge is -2.41. The number of nitrogens with two attached hydrogens (primary N) is 1. The molecule has 1 aromatic carbocycles. The lowest BCUT2D eigenvalue weighted by atomic mass is 10.0. The summed E-state index contributed by atoms with van der Waals surface area (Å²) < 4.78 is 0. The maximum absolute atomic E-state index is 7.76. The van der Waals surface area contributed by atoms with Gasteiger partial charge in [0.15, 0.2) is 0 Å². The van der Waals surface area contributed by atoms with E-state index in [4.69, 9.17) is 11.1 Å². The van der Waals surface area contributed by atoms with Crippen LogP contribution < -0.4 is 10.6 Å². The van der Waals surface area contributed by atoms with Crippen LogP contribution in [0.5, 0.6) is 0 Å². The number of hydrogen-bond acceptors (Lipinski definition) is 3. The van der Waals surface area contributed by atoms with Gasteiger partial charge in [-0.15, -0.1) is 0 Å². The number of anilines is 1. The Kier molecular flexibility index (Phi) is 4.10. The van der Waals surface area contributed by atoms with E-state index in [1.807, 2.05) is 12.1 Å². The number of amidine groups is 1. The molecule has 0 radical (unpaired) electrons. The molecule has 19 heavy (non-hydrogen) atoms. The van der Waals surface area contributed by atoms with Gasteiger partial charge in [-0.1, -0.05) is 19.1 Å². The summed E-state index contributed by atoms with van der Waals surface area (Å²) in [5, 5.41) is 7.76. The van der Waals surface area contributed by atoms with Gasteiger partial charge in [0.05, 0.1) is 5.69 Å².